The van der Waals surface area contributed by atoms with Crippen LogP contribution in [0.2, 0.25) is 5.02 Å². The molecule has 1 aromatic heterocycles. The van der Waals surface area contributed by atoms with E-state index in [2.05, 4.69) is 20.6 Å². The Morgan fingerprint density at radius 3 is 2.69 bits per heavy atom. The molecule has 0 spiro atoms. The summed E-state index contributed by atoms with van der Waals surface area (Å²) in [5.41, 5.74) is 2.61. The first-order chi connectivity index (χ1) is 12.6. The lowest BCUT2D eigenvalue weighted by atomic mass is 10.1. The lowest BCUT2D eigenvalue weighted by Crippen LogP contribution is -2.05. The van der Waals surface area contributed by atoms with Gasteiger partial charge in [0.1, 0.15) is 10.8 Å². The zero-order valence-electron chi connectivity index (χ0n) is 13.9. The molecule has 134 valence electrons. The summed E-state index contributed by atoms with van der Waals surface area (Å²) < 4.78 is 13.3. The van der Waals surface area contributed by atoms with Crippen LogP contribution in [0.4, 0.5) is 21.8 Å². The van der Waals surface area contributed by atoms with Crippen LogP contribution in [-0.2, 0) is 13.0 Å². The van der Waals surface area contributed by atoms with Gasteiger partial charge in [0.15, 0.2) is 5.82 Å². The number of hydrogen-bond donors (Lipinski definition) is 3. The van der Waals surface area contributed by atoms with Gasteiger partial charge in [0, 0.05) is 18.8 Å². The SMILES string of the molecule is OCCc1cccc(Nc2ncc(Cl)c(NCc3cccc(F)c3)n2)c1. The van der Waals surface area contributed by atoms with Gasteiger partial charge in [0.05, 0.1) is 6.20 Å². The summed E-state index contributed by atoms with van der Waals surface area (Å²) >= 11 is 6.15. The first-order valence-electron chi connectivity index (χ1n) is 8.12. The Balaban J connectivity index is 1.72. The standard InChI is InChI=1S/C19H18ClFN4O/c20-17-12-23-19(24-16-6-2-3-13(10-16)7-8-26)25-18(17)22-11-14-4-1-5-15(21)9-14/h1-6,9-10,12,26H,7-8,11H2,(H2,22,23,24,25). The maximum Gasteiger partial charge on any atom is 0.229 e. The van der Waals surface area contributed by atoms with Gasteiger partial charge >= 0.3 is 0 Å². The monoisotopic (exact) mass is 372 g/mol. The van der Waals surface area contributed by atoms with Crippen LogP contribution in [-0.4, -0.2) is 21.7 Å². The molecular formula is C19H18ClFN4O. The molecule has 0 aliphatic heterocycles. The number of anilines is 3. The van der Waals surface area contributed by atoms with Crippen LogP contribution in [0, 0.1) is 5.82 Å². The van der Waals surface area contributed by atoms with E-state index in [0.717, 1.165) is 16.8 Å². The van der Waals surface area contributed by atoms with E-state index < -0.39 is 0 Å². The van der Waals surface area contributed by atoms with Gasteiger partial charge in [-0.2, -0.15) is 4.98 Å². The highest BCUT2D eigenvalue weighted by Crippen LogP contribution is 2.22. The minimum atomic E-state index is -0.289. The largest absolute Gasteiger partial charge is 0.396 e. The van der Waals surface area contributed by atoms with E-state index in [0.29, 0.717) is 29.8 Å². The number of nitrogens with one attached hydrogen (secondary N) is 2. The van der Waals surface area contributed by atoms with Gasteiger partial charge in [-0.3, -0.25) is 0 Å². The van der Waals surface area contributed by atoms with Crippen molar-refractivity contribution in [2.45, 2.75) is 13.0 Å². The summed E-state index contributed by atoms with van der Waals surface area (Å²) in [7, 11) is 0. The van der Waals surface area contributed by atoms with Crippen LogP contribution in [0.3, 0.4) is 0 Å². The fourth-order valence-corrected chi connectivity index (χ4v) is 2.60. The Hall–Kier alpha value is -2.70. The summed E-state index contributed by atoms with van der Waals surface area (Å²) in [6.07, 6.45) is 2.08. The lowest BCUT2D eigenvalue weighted by Gasteiger charge is -2.11. The molecule has 0 radical (unpaired) electrons. The minimum Gasteiger partial charge on any atom is -0.396 e. The molecule has 0 aliphatic carbocycles. The zero-order chi connectivity index (χ0) is 18.4. The van der Waals surface area contributed by atoms with Crippen molar-refractivity contribution in [3.8, 4) is 0 Å². The Morgan fingerprint density at radius 1 is 1.08 bits per heavy atom. The maximum absolute atomic E-state index is 13.3. The van der Waals surface area contributed by atoms with Gasteiger partial charge in [0.2, 0.25) is 5.95 Å². The second-order valence-corrected chi connectivity index (χ2v) is 6.08. The van der Waals surface area contributed by atoms with Gasteiger partial charge in [-0.05, 0) is 41.8 Å². The lowest BCUT2D eigenvalue weighted by molar-refractivity contribution is 0.299. The molecule has 0 bridgehead atoms. The smallest absolute Gasteiger partial charge is 0.229 e. The Bertz CT molecular complexity index is 891. The highest BCUT2D eigenvalue weighted by atomic mass is 35.5. The molecule has 0 unspecified atom stereocenters. The van der Waals surface area contributed by atoms with E-state index in [-0.39, 0.29) is 12.4 Å². The predicted molar refractivity (Wildman–Crippen MR) is 101 cm³/mol. The number of aliphatic hydroxyl groups excluding tert-OH is 1. The molecule has 2 aromatic carbocycles. The number of halogens is 2. The molecule has 0 saturated carbocycles. The highest BCUT2D eigenvalue weighted by Gasteiger charge is 2.07. The summed E-state index contributed by atoms with van der Waals surface area (Å²) in [4.78, 5) is 8.55. The number of aliphatic hydroxyl groups is 1. The van der Waals surface area contributed by atoms with Crippen molar-refractivity contribution < 1.29 is 9.50 Å². The number of nitrogens with zero attached hydrogens (tertiary/aromatic N) is 2. The molecule has 0 fully saturated rings. The van der Waals surface area contributed by atoms with E-state index in [1.54, 1.807) is 6.07 Å². The molecular weight excluding hydrogens is 355 g/mol. The third-order valence-electron chi connectivity index (χ3n) is 3.68. The average Bonchev–Trinajstić information content (AvgIpc) is 2.63. The zero-order valence-corrected chi connectivity index (χ0v) is 14.7. The summed E-state index contributed by atoms with van der Waals surface area (Å²) in [5, 5.41) is 15.6. The molecule has 5 nitrogen and oxygen atoms in total. The van der Waals surface area contributed by atoms with Crippen molar-refractivity contribution >= 4 is 29.1 Å². The average molecular weight is 373 g/mol. The van der Waals surface area contributed by atoms with E-state index in [1.807, 2.05) is 30.3 Å². The maximum atomic E-state index is 13.3. The van der Waals surface area contributed by atoms with Crippen LogP contribution in [0.15, 0.2) is 54.7 Å². The van der Waals surface area contributed by atoms with Gasteiger partial charge in [-0.25, -0.2) is 9.37 Å². The van der Waals surface area contributed by atoms with E-state index >= 15 is 0 Å². The summed E-state index contributed by atoms with van der Waals surface area (Å²) in [6, 6.07) is 14.0. The molecule has 1 heterocycles. The summed E-state index contributed by atoms with van der Waals surface area (Å²) in [6.45, 7) is 0.481. The van der Waals surface area contributed by atoms with Crippen molar-refractivity contribution in [3.63, 3.8) is 0 Å². The summed E-state index contributed by atoms with van der Waals surface area (Å²) in [5.74, 6) is 0.556. The minimum absolute atomic E-state index is 0.0923. The van der Waals surface area contributed by atoms with Crippen LogP contribution < -0.4 is 10.6 Å². The third kappa shape index (κ3) is 4.91. The molecule has 3 aromatic rings. The normalized spacial score (nSPS) is 10.6. The van der Waals surface area contributed by atoms with Crippen LogP contribution in [0.1, 0.15) is 11.1 Å². The van der Waals surface area contributed by atoms with Gasteiger partial charge in [-0.15, -0.1) is 0 Å². The Labute approximate surface area is 155 Å². The fourth-order valence-electron chi connectivity index (χ4n) is 2.45. The van der Waals surface area contributed by atoms with Crippen molar-refractivity contribution in [3.05, 3.63) is 76.7 Å². The van der Waals surface area contributed by atoms with Crippen molar-refractivity contribution in [2.75, 3.05) is 17.2 Å². The van der Waals surface area contributed by atoms with Crippen molar-refractivity contribution in [1.82, 2.24) is 9.97 Å². The second-order valence-electron chi connectivity index (χ2n) is 5.67. The molecule has 7 heteroatoms. The molecule has 0 aliphatic rings. The number of hydrogen-bond acceptors (Lipinski definition) is 5. The quantitative estimate of drug-likeness (QED) is 0.581. The number of rotatable bonds is 7. The molecule has 0 amide bonds. The molecule has 0 atom stereocenters. The van der Waals surface area contributed by atoms with Gasteiger partial charge in [-0.1, -0.05) is 35.9 Å². The molecule has 3 rings (SSSR count). The Kier molecular flexibility index (Phi) is 5.99. The molecule has 26 heavy (non-hydrogen) atoms. The van der Waals surface area contributed by atoms with E-state index in [1.165, 1.54) is 18.3 Å². The Morgan fingerprint density at radius 2 is 1.88 bits per heavy atom. The van der Waals surface area contributed by atoms with Crippen LogP contribution in [0.25, 0.3) is 0 Å². The highest BCUT2D eigenvalue weighted by molar-refractivity contribution is 6.32. The first kappa shape index (κ1) is 18.1. The second kappa shape index (κ2) is 8.60. The number of aromatic nitrogens is 2. The predicted octanol–water partition coefficient (Wildman–Crippen LogP) is 4.16. The van der Waals surface area contributed by atoms with Crippen molar-refractivity contribution in [1.29, 1.82) is 0 Å². The molecule has 0 saturated heterocycles. The topological polar surface area (TPSA) is 70.1 Å². The van der Waals surface area contributed by atoms with E-state index in [9.17, 15) is 4.39 Å². The van der Waals surface area contributed by atoms with E-state index in [4.69, 9.17) is 16.7 Å². The van der Waals surface area contributed by atoms with Crippen LogP contribution >= 0.6 is 11.6 Å². The fraction of sp³-hybridized carbons (Fsp3) is 0.158. The van der Waals surface area contributed by atoms with Gasteiger partial charge < -0.3 is 15.7 Å². The molecule has 3 N–H and O–H groups in total. The van der Waals surface area contributed by atoms with Crippen molar-refractivity contribution in [2.24, 2.45) is 0 Å². The van der Waals surface area contributed by atoms with Gasteiger partial charge in [0.25, 0.3) is 0 Å². The first-order valence-corrected chi connectivity index (χ1v) is 8.49. The third-order valence-corrected chi connectivity index (χ3v) is 3.95. The number of benzene rings is 2. The van der Waals surface area contributed by atoms with Crippen LogP contribution in [0.5, 0.6) is 0 Å².